The van der Waals surface area contributed by atoms with Gasteiger partial charge in [-0.3, -0.25) is 14.2 Å². The number of aromatic nitrogens is 2. The summed E-state index contributed by atoms with van der Waals surface area (Å²) in [6, 6.07) is 7.66. The van der Waals surface area contributed by atoms with Gasteiger partial charge in [0, 0.05) is 10.4 Å². The van der Waals surface area contributed by atoms with Crippen molar-refractivity contribution in [1.29, 1.82) is 0 Å². The number of benzene rings is 1. The van der Waals surface area contributed by atoms with Gasteiger partial charge in [-0.15, -0.1) is 11.3 Å². The Morgan fingerprint density at radius 3 is 2.65 bits per heavy atom. The van der Waals surface area contributed by atoms with E-state index in [0.29, 0.717) is 11.5 Å². The molecule has 0 spiro atoms. The second-order valence-electron chi connectivity index (χ2n) is 7.27. The number of hydrogen-bond acceptors (Lipinski definition) is 4. The molecule has 0 saturated carbocycles. The number of rotatable bonds is 4. The molecule has 0 amide bonds. The summed E-state index contributed by atoms with van der Waals surface area (Å²) >= 11 is 1.63. The van der Waals surface area contributed by atoms with Crippen molar-refractivity contribution in [3.8, 4) is 0 Å². The van der Waals surface area contributed by atoms with E-state index in [2.05, 4.69) is 18.8 Å². The van der Waals surface area contributed by atoms with E-state index in [-0.39, 0.29) is 17.9 Å². The molecule has 1 aromatic carbocycles. The molecule has 0 bridgehead atoms. The summed E-state index contributed by atoms with van der Waals surface area (Å²) in [5, 5.41) is 0.732. The summed E-state index contributed by atoms with van der Waals surface area (Å²) < 4.78 is 1.46. The van der Waals surface area contributed by atoms with Crippen LogP contribution in [-0.2, 0) is 19.4 Å². The normalized spacial score (nSPS) is 14.0. The zero-order valence-electron chi connectivity index (χ0n) is 15.1. The monoisotopic (exact) mass is 366 g/mol. The van der Waals surface area contributed by atoms with Crippen LogP contribution in [0, 0.1) is 0 Å². The SMILES string of the molecule is CC(C)c1ccc(C(=O)Cn2cnc3sc4c(c3c2=O)CCCC4)cc1. The van der Waals surface area contributed by atoms with Gasteiger partial charge in [-0.25, -0.2) is 4.98 Å². The molecule has 0 fully saturated rings. The first-order valence-electron chi connectivity index (χ1n) is 9.17. The smallest absolute Gasteiger partial charge is 0.262 e. The van der Waals surface area contributed by atoms with E-state index in [4.69, 9.17) is 0 Å². The fraction of sp³-hybridized carbons (Fsp3) is 0.381. The highest BCUT2D eigenvalue weighted by Gasteiger charge is 2.20. The van der Waals surface area contributed by atoms with Gasteiger partial charge in [-0.2, -0.15) is 0 Å². The highest BCUT2D eigenvalue weighted by Crippen LogP contribution is 2.33. The van der Waals surface area contributed by atoms with Gasteiger partial charge >= 0.3 is 0 Å². The predicted octanol–water partition coefficient (Wildman–Crippen LogP) is 4.34. The molecule has 0 saturated heterocycles. The van der Waals surface area contributed by atoms with Crippen molar-refractivity contribution in [2.75, 3.05) is 0 Å². The predicted molar refractivity (Wildman–Crippen MR) is 105 cm³/mol. The third-order valence-electron chi connectivity index (χ3n) is 5.16. The summed E-state index contributed by atoms with van der Waals surface area (Å²) in [5.41, 5.74) is 2.92. The van der Waals surface area contributed by atoms with Crippen LogP contribution < -0.4 is 5.56 Å². The number of thiophene rings is 1. The van der Waals surface area contributed by atoms with Crippen LogP contribution >= 0.6 is 11.3 Å². The fourth-order valence-corrected chi connectivity index (χ4v) is 4.81. The maximum atomic E-state index is 12.9. The molecular weight excluding hydrogens is 344 g/mol. The van der Waals surface area contributed by atoms with Crippen molar-refractivity contribution >= 4 is 27.3 Å². The van der Waals surface area contributed by atoms with Gasteiger partial charge in [0.15, 0.2) is 5.78 Å². The molecule has 0 radical (unpaired) electrons. The molecule has 4 nitrogen and oxygen atoms in total. The molecule has 2 aromatic heterocycles. The third kappa shape index (κ3) is 3.01. The molecule has 134 valence electrons. The maximum absolute atomic E-state index is 12.9. The summed E-state index contributed by atoms with van der Waals surface area (Å²) in [6.45, 7) is 4.28. The minimum absolute atomic E-state index is 0.0351. The van der Waals surface area contributed by atoms with Crippen LogP contribution in [-0.4, -0.2) is 15.3 Å². The largest absolute Gasteiger partial charge is 0.292 e. The van der Waals surface area contributed by atoms with Crippen molar-refractivity contribution in [3.05, 3.63) is 62.5 Å². The van der Waals surface area contributed by atoms with Gasteiger partial charge in [0.1, 0.15) is 4.83 Å². The topological polar surface area (TPSA) is 52.0 Å². The van der Waals surface area contributed by atoms with E-state index in [1.165, 1.54) is 27.8 Å². The first-order valence-corrected chi connectivity index (χ1v) is 9.99. The lowest BCUT2D eigenvalue weighted by molar-refractivity contribution is 0.0970. The van der Waals surface area contributed by atoms with Gasteiger partial charge in [0.25, 0.3) is 5.56 Å². The standard InChI is InChI=1S/C21H22N2O2S/c1-13(2)14-7-9-15(10-8-14)17(24)11-23-12-22-20-19(21(23)25)16-5-3-4-6-18(16)26-20/h7-10,12-13H,3-6,11H2,1-2H3. The molecule has 0 N–H and O–H groups in total. The Kier molecular flexibility index (Phi) is 4.49. The summed E-state index contributed by atoms with van der Waals surface area (Å²) in [7, 11) is 0. The number of nitrogens with zero attached hydrogens (tertiary/aromatic N) is 2. The average molecular weight is 366 g/mol. The number of ketones is 1. The molecule has 26 heavy (non-hydrogen) atoms. The zero-order chi connectivity index (χ0) is 18.3. The van der Waals surface area contributed by atoms with Gasteiger partial charge in [-0.05, 0) is 42.7 Å². The lowest BCUT2D eigenvalue weighted by atomic mass is 9.97. The fourth-order valence-electron chi connectivity index (χ4n) is 3.59. The van der Waals surface area contributed by atoms with Crippen LogP contribution in [0.25, 0.3) is 10.2 Å². The number of carbonyl (C=O) groups excluding carboxylic acids is 1. The quantitative estimate of drug-likeness (QED) is 0.645. The minimum atomic E-state index is -0.0819. The van der Waals surface area contributed by atoms with E-state index < -0.39 is 0 Å². The van der Waals surface area contributed by atoms with E-state index in [1.54, 1.807) is 11.3 Å². The van der Waals surface area contributed by atoms with Crippen LogP contribution in [0.4, 0.5) is 0 Å². The number of Topliss-reactive ketones (excluding diaryl/α,β-unsaturated/α-hetero) is 1. The number of fused-ring (bicyclic) bond motifs is 3. The van der Waals surface area contributed by atoms with Crippen LogP contribution in [0.5, 0.6) is 0 Å². The van der Waals surface area contributed by atoms with E-state index in [9.17, 15) is 9.59 Å². The van der Waals surface area contributed by atoms with Gasteiger partial charge in [0.05, 0.1) is 18.3 Å². The van der Waals surface area contributed by atoms with Crippen molar-refractivity contribution in [3.63, 3.8) is 0 Å². The van der Waals surface area contributed by atoms with E-state index in [1.807, 2.05) is 24.3 Å². The first-order chi connectivity index (χ1) is 12.5. The number of aryl methyl sites for hydroxylation is 2. The molecule has 2 heterocycles. The molecule has 0 atom stereocenters. The molecule has 0 aliphatic heterocycles. The lowest BCUT2D eigenvalue weighted by Crippen LogP contribution is -2.25. The van der Waals surface area contributed by atoms with Crippen LogP contribution in [0.15, 0.2) is 35.4 Å². The molecule has 1 aliphatic carbocycles. The maximum Gasteiger partial charge on any atom is 0.262 e. The molecule has 0 unspecified atom stereocenters. The Bertz CT molecular complexity index is 1030. The first kappa shape index (κ1) is 17.2. The van der Waals surface area contributed by atoms with Gasteiger partial charge in [-0.1, -0.05) is 38.1 Å². The molecule has 1 aliphatic rings. The number of carbonyl (C=O) groups is 1. The van der Waals surface area contributed by atoms with Crippen LogP contribution in [0.1, 0.15) is 59.0 Å². The Labute approximate surface area is 156 Å². The third-order valence-corrected chi connectivity index (χ3v) is 6.35. The average Bonchev–Trinajstić information content (AvgIpc) is 3.03. The highest BCUT2D eigenvalue weighted by atomic mass is 32.1. The Hall–Kier alpha value is -2.27. The summed E-state index contributed by atoms with van der Waals surface area (Å²) in [5.74, 6) is 0.366. The van der Waals surface area contributed by atoms with Crippen molar-refractivity contribution in [2.45, 2.75) is 52.0 Å². The summed E-state index contributed by atoms with van der Waals surface area (Å²) in [6.07, 6.45) is 5.80. The van der Waals surface area contributed by atoms with E-state index in [0.717, 1.165) is 35.0 Å². The lowest BCUT2D eigenvalue weighted by Gasteiger charge is -2.10. The molecule has 4 rings (SSSR count). The number of hydrogen-bond donors (Lipinski definition) is 0. The minimum Gasteiger partial charge on any atom is -0.292 e. The Morgan fingerprint density at radius 2 is 1.92 bits per heavy atom. The Balaban J connectivity index is 1.65. The van der Waals surface area contributed by atoms with Gasteiger partial charge < -0.3 is 0 Å². The van der Waals surface area contributed by atoms with Crippen LogP contribution in [0.2, 0.25) is 0 Å². The highest BCUT2D eigenvalue weighted by molar-refractivity contribution is 7.18. The van der Waals surface area contributed by atoms with E-state index >= 15 is 0 Å². The Morgan fingerprint density at radius 1 is 1.19 bits per heavy atom. The van der Waals surface area contributed by atoms with Crippen molar-refractivity contribution in [2.24, 2.45) is 0 Å². The molecular formula is C21H22N2O2S. The molecule has 3 aromatic rings. The zero-order valence-corrected chi connectivity index (χ0v) is 15.9. The van der Waals surface area contributed by atoms with Crippen molar-refractivity contribution < 1.29 is 4.79 Å². The second kappa shape index (κ2) is 6.80. The van der Waals surface area contributed by atoms with Crippen LogP contribution in [0.3, 0.4) is 0 Å². The van der Waals surface area contributed by atoms with Gasteiger partial charge in [0.2, 0.25) is 0 Å². The molecule has 5 heteroatoms. The second-order valence-corrected chi connectivity index (χ2v) is 8.35. The van der Waals surface area contributed by atoms with Crippen molar-refractivity contribution in [1.82, 2.24) is 9.55 Å². The summed E-state index contributed by atoms with van der Waals surface area (Å²) in [4.78, 5) is 32.1.